The van der Waals surface area contributed by atoms with Gasteiger partial charge >= 0.3 is 0 Å². The van der Waals surface area contributed by atoms with Gasteiger partial charge in [-0.15, -0.1) is 11.3 Å². The number of carbonyl (C=O) groups is 2. The molecule has 4 rings (SSSR count). The maximum absolute atomic E-state index is 13.6. The van der Waals surface area contributed by atoms with Gasteiger partial charge in [-0.25, -0.2) is 4.98 Å². The Hall–Kier alpha value is -2.99. The second kappa shape index (κ2) is 8.40. The van der Waals surface area contributed by atoms with Crippen molar-refractivity contribution in [2.75, 3.05) is 11.9 Å². The number of amides is 2. The summed E-state index contributed by atoms with van der Waals surface area (Å²) in [6.45, 7) is 6.73. The highest BCUT2D eigenvalue weighted by atomic mass is 32.1. The Balaban J connectivity index is 1.82. The number of fused-ring (bicyclic) bond motifs is 1. The number of carbonyl (C=O) groups excluding carboxylic acids is 2. The number of aryl methyl sites for hydroxylation is 1. The van der Waals surface area contributed by atoms with E-state index in [-0.39, 0.29) is 23.8 Å². The Morgan fingerprint density at radius 3 is 2.70 bits per heavy atom. The number of hydrogen-bond donors (Lipinski definition) is 1. The standard InChI is InChI=1S/C24H25N3O2S/c1-15(2)14-27-22(19-9-6-12-30-19)21(17-7-4-5-8-18(17)24(27)29)23(28)26-20-13-16(3)10-11-25-20/h4-13,15,21-22H,14H2,1-3H3,(H,25,26,28). The largest absolute Gasteiger partial charge is 0.329 e. The molecule has 2 amide bonds. The van der Waals surface area contributed by atoms with Crippen LogP contribution in [-0.2, 0) is 4.79 Å². The third kappa shape index (κ3) is 3.87. The molecule has 0 bridgehead atoms. The van der Waals surface area contributed by atoms with Crippen LogP contribution in [-0.4, -0.2) is 28.2 Å². The smallest absolute Gasteiger partial charge is 0.254 e. The molecule has 1 aliphatic heterocycles. The van der Waals surface area contributed by atoms with Crippen molar-refractivity contribution < 1.29 is 9.59 Å². The minimum absolute atomic E-state index is 0.0181. The summed E-state index contributed by atoms with van der Waals surface area (Å²) in [5.41, 5.74) is 2.39. The average Bonchev–Trinajstić information content (AvgIpc) is 3.24. The fraction of sp³-hybridized carbons (Fsp3) is 0.292. The van der Waals surface area contributed by atoms with E-state index in [1.54, 1.807) is 17.5 Å². The average molecular weight is 420 g/mol. The Morgan fingerprint density at radius 2 is 2.00 bits per heavy atom. The predicted octanol–water partition coefficient (Wildman–Crippen LogP) is 5.03. The molecule has 1 aliphatic rings. The Bertz CT molecular complexity index is 1060. The lowest BCUT2D eigenvalue weighted by atomic mass is 9.81. The Morgan fingerprint density at radius 1 is 1.20 bits per heavy atom. The summed E-state index contributed by atoms with van der Waals surface area (Å²) in [6, 6.07) is 14.8. The van der Waals surface area contributed by atoms with Crippen LogP contribution in [0.5, 0.6) is 0 Å². The van der Waals surface area contributed by atoms with Crippen molar-refractivity contribution in [1.82, 2.24) is 9.88 Å². The normalized spacial score (nSPS) is 18.4. The van der Waals surface area contributed by atoms with E-state index in [0.717, 1.165) is 16.0 Å². The van der Waals surface area contributed by atoms with Gasteiger partial charge < -0.3 is 10.2 Å². The topological polar surface area (TPSA) is 62.3 Å². The first kappa shape index (κ1) is 20.3. The van der Waals surface area contributed by atoms with Crippen LogP contribution in [0, 0.1) is 12.8 Å². The predicted molar refractivity (Wildman–Crippen MR) is 120 cm³/mol. The molecule has 1 aromatic carbocycles. The lowest BCUT2D eigenvalue weighted by molar-refractivity contribution is -0.119. The van der Waals surface area contributed by atoms with Crippen LogP contribution in [0.3, 0.4) is 0 Å². The number of hydrogen-bond acceptors (Lipinski definition) is 4. The maximum atomic E-state index is 13.6. The highest BCUT2D eigenvalue weighted by Gasteiger charge is 2.44. The van der Waals surface area contributed by atoms with Gasteiger partial charge in [0.05, 0.1) is 12.0 Å². The fourth-order valence-corrected chi connectivity index (χ4v) is 4.93. The SMILES string of the molecule is Cc1ccnc(NC(=O)C2c3ccccc3C(=O)N(CC(C)C)C2c2cccs2)c1. The first-order valence-electron chi connectivity index (χ1n) is 10.1. The van der Waals surface area contributed by atoms with Gasteiger partial charge in [-0.3, -0.25) is 9.59 Å². The van der Waals surface area contributed by atoms with Crippen molar-refractivity contribution in [3.05, 3.63) is 81.7 Å². The van der Waals surface area contributed by atoms with E-state index in [1.807, 2.05) is 65.7 Å². The molecule has 2 atom stereocenters. The second-order valence-electron chi connectivity index (χ2n) is 8.08. The lowest BCUT2D eigenvalue weighted by Gasteiger charge is -2.41. The van der Waals surface area contributed by atoms with Crippen molar-refractivity contribution in [1.29, 1.82) is 0 Å². The van der Waals surface area contributed by atoms with Gasteiger partial charge in [-0.05, 0) is 53.6 Å². The van der Waals surface area contributed by atoms with Crippen LogP contribution >= 0.6 is 11.3 Å². The Kier molecular flexibility index (Phi) is 5.68. The molecule has 0 saturated carbocycles. The van der Waals surface area contributed by atoms with Crippen LogP contribution < -0.4 is 5.32 Å². The van der Waals surface area contributed by atoms with Gasteiger partial charge in [0.25, 0.3) is 5.91 Å². The quantitative estimate of drug-likeness (QED) is 0.631. The third-order valence-electron chi connectivity index (χ3n) is 5.28. The zero-order valence-electron chi connectivity index (χ0n) is 17.3. The van der Waals surface area contributed by atoms with Gasteiger partial charge in [0.15, 0.2) is 0 Å². The van der Waals surface area contributed by atoms with Gasteiger partial charge in [-0.2, -0.15) is 0 Å². The molecule has 0 radical (unpaired) electrons. The molecule has 0 spiro atoms. The van der Waals surface area contributed by atoms with Crippen molar-refractivity contribution in [3.63, 3.8) is 0 Å². The lowest BCUT2D eigenvalue weighted by Crippen LogP contribution is -2.47. The zero-order chi connectivity index (χ0) is 21.3. The van der Waals surface area contributed by atoms with Crippen LogP contribution in [0.15, 0.2) is 60.1 Å². The summed E-state index contributed by atoms with van der Waals surface area (Å²) in [5, 5.41) is 4.98. The molecule has 154 valence electrons. The molecule has 5 nitrogen and oxygen atoms in total. The molecule has 0 fully saturated rings. The van der Waals surface area contributed by atoms with Crippen molar-refractivity contribution >= 4 is 29.0 Å². The zero-order valence-corrected chi connectivity index (χ0v) is 18.1. The molecule has 0 saturated heterocycles. The summed E-state index contributed by atoms with van der Waals surface area (Å²) < 4.78 is 0. The van der Waals surface area contributed by atoms with Gasteiger partial charge in [0, 0.05) is 23.2 Å². The minimum atomic E-state index is -0.515. The molecular formula is C24H25N3O2S. The van der Waals surface area contributed by atoms with Crippen molar-refractivity contribution in [2.45, 2.75) is 32.7 Å². The molecule has 0 aliphatic carbocycles. The van der Waals surface area contributed by atoms with Crippen molar-refractivity contribution in [2.24, 2.45) is 5.92 Å². The third-order valence-corrected chi connectivity index (χ3v) is 6.23. The van der Waals surface area contributed by atoms with Crippen LogP contribution in [0.2, 0.25) is 0 Å². The Labute approximate surface area is 180 Å². The number of pyridine rings is 1. The fourth-order valence-electron chi connectivity index (χ4n) is 4.05. The van der Waals surface area contributed by atoms with Crippen molar-refractivity contribution in [3.8, 4) is 0 Å². The molecule has 2 aromatic heterocycles. The summed E-state index contributed by atoms with van der Waals surface area (Å²) in [4.78, 5) is 34.2. The number of anilines is 1. The molecule has 3 heterocycles. The number of benzene rings is 1. The minimum Gasteiger partial charge on any atom is -0.329 e. The number of nitrogens with one attached hydrogen (secondary N) is 1. The molecule has 30 heavy (non-hydrogen) atoms. The highest BCUT2D eigenvalue weighted by molar-refractivity contribution is 7.10. The first-order valence-corrected chi connectivity index (χ1v) is 11.0. The van der Waals surface area contributed by atoms with Crippen LogP contribution in [0.1, 0.15) is 52.2 Å². The van der Waals surface area contributed by atoms with Gasteiger partial charge in [0.2, 0.25) is 5.91 Å². The number of thiophene rings is 1. The van der Waals surface area contributed by atoms with Crippen LogP contribution in [0.4, 0.5) is 5.82 Å². The number of aromatic nitrogens is 1. The number of rotatable bonds is 5. The molecule has 1 N–H and O–H groups in total. The van der Waals surface area contributed by atoms with E-state index in [0.29, 0.717) is 17.9 Å². The summed E-state index contributed by atoms with van der Waals surface area (Å²) in [7, 11) is 0. The maximum Gasteiger partial charge on any atom is 0.254 e. The molecule has 3 aromatic rings. The summed E-state index contributed by atoms with van der Waals surface area (Å²) >= 11 is 1.58. The van der Waals surface area contributed by atoms with Crippen LogP contribution in [0.25, 0.3) is 0 Å². The van der Waals surface area contributed by atoms with E-state index < -0.39 is 5.92 Å². The summed E-state index contributed by atoms with van der Waals surface area (Å²) in [5.74, 6) is 0.118. The van der Waals surface area contributed by atoms with E-state index in [1.165, 1.54) is 0 Å². The van der Waals surface area contributed by atoms with E-state index >= 15 is 0 Å². The highest BCUT2D eigenvalue weighted by Crippen LogP contribution is 2.44. The van der Waals surface area contributed by atoms with Gasteiger partial charge in [0.1, 0.15) is 5.82 Å². The van der Waals surface area contributed by atoms with Gasteiger partial charge in [-0.1, -0.05) is 38.1 Å². The van der Waals surface area contributed by atoms with E-state index in [2.05, 4.69) is 24.1 Å². The van der Waals surface area contributed by atoms with E-state index in [9.17, 15) is 9.59 Å². The van der Waals surface area contributed by atoms with E-state index in [4.69, 9.17) is 0 Å². The second-order valence-corrected chi connectivity index (χ2v) is 9.06. The molecule has 2 unspecified atom stereocenters. The summed E-state index contributed by atoms with van der Waals surface area (Å²) in [6.07, 6.45) is 1.69. The number of nitrogens with zero attached hydrogens (tertiary/aromatic N) is 2. The molecular weight excluding hydrogens is 394 g/mol. The monoisotopic (exact) mass is 419 g/mol. The first-order chi connectivity index (χ1) is 14.5. The molecule has 6 heteroatoms.